The molecule has 0 heterocycles. The molecule has 3 nitrogen and oxygen atoms in total. The van der Waals surface area contributed by atoms with E-state index >= 15 is 0 Å². The fraction of sp³-hybridized carbons (Fsp3) is 0.214. The maximum Gasteiger partial charge on any atom is 0.224 e. The zero-order valence-corrected chi connectivity index (χ0v) is 9.80. The molecule has 0 saturated heterocycles. The summed E-state index contributed by atoms with van der Waals surface area (Å²) < 4.78 is 0. The van der Waals surface area contributed by atoms with Crippen molar-refractivity contribution in [1.82, 2.24) is 5.32 Å². The first-order valence-corrected chi connectivity index (χ1v) is 5.32. The molecule has 1 amide bonds. The van der Waals surface area contributed by atoms with E-state index in [0.717, 1.165) is 5.56 Å². The molecule has 0 unspecified atom stereocenters. The molecule has 90 valence electrons. The Balaban J connectivity index is 0.00000121. The number of nitrogens with one attached hydrogen (secondary N) is 1. The minimum absolute atomic E-state index is 0.0304. The Morgan fingerprint density at radius 1 is 1.24 bits per heavy atom. The molecule has 0 radical (unpaired) electrons. The largest absolute Gasteiger partial charge is 0.352 e. The van der Waals surface area contributed by atoms with Crippen molar-refractivity contribution in [2.75, 3.05) is 13.1 Å². The first-order valence-electron chi connectivity index (χ1n) is 5.32. The molecular weight excluding hydrogens is 212 g/mol. The van der Waals surface area contributed by atoms with Crippen LogP contribution in [0.15, 0.2) is 42.5 Å². The summed E-state index contributed by atoms with van der Waals surface area (Å²) in [6.07, 6.45) is 12.1. The van der Waals surface area contributed by atoms with Crippen LogP contribution >= 0.6 is 0 Å². The van der Waals surface area contributed by atoms with Gasteiger partial charge < -0.3 is 11.1 Å². The summed E-state index contributed by atoms with van der Waals surface area (Å²) in [5.41, 5.74) is 6.30. The minimum Gasteiger partial charge on any atom is -0.352 e. The zero-order valence-electron chi connectivity index (χ0n) is 9.80. The van der Waals surface area contributed by atoms with Crippen molar-refractivity contribution in [3.63, 3.8) is 0 Å². The van der Waals surface area contributed by atoms with Crippen LogP contribution in [0.1, 0.15) is 5.56 Å². The van der Waals surface area contributed by atoms with Crippen LogP contribution in [0.5, 0.6) is 0 Å². The highest BCUT2D eigenvalue weighted by Crippen LogP contribution is 1.98. The standard InChI is InChI=1S/C12H16N2O.C2H2/c13-8-4-5-9-14-12(15)10-11-6-2-1-3-7-11;1-2/h1-7H,8-10,13H2,(H,14,15);1-2H/b5-4+;. The molecule has 0 fully saturated rings. The van der Waals surface area contributed by atoms with E-state index in [4.69, 9.17) is 5.73 Å². The molecule has 3 N–H and O–H groups in total. The molecule has 0 saturated carbocycles. The molecule has 0 aliphatic heterocycles. The van der Waals surface area contributed by atoms with Gasteiger partial charge in [0.15, 0.2) is 0 Å². The van der Waals surface area contributed by atoms with E-state index in [1.807, 2.05) is 42.5 Å². The number of amides is 1. The third-order valence-electron chi connectivity index (χ3n) is 1.93. The van der Waals surface area contributed by atoms with Crippen molar-refractivity contribution in [2.45, 2.75) is 6.42 Å². The van der Waals surface area contributed by atoms with Gasteiger partial charge in [-0.25, -0.2) is 0 Å². The van der Waals surface area contributed by atoms with Crippen LogP contribution in [-0.2, 0) is 11.2 Å². The molecule has 0 aliphatic carbocycles. The van der Waals surface area contributed by atoms with Gasteiger partial charge in [0.2, 0.25) is 5.91 Å². The topological polar surface area (TPSA) is 55.1 Å². The van der Waals surface area contributed by atoms with E-state index < -0.39 is 0 Å². The van der Waals surface area contributed by atoms with E-state index in [1.165, 1.54) is 0 Å². The molecule has 1 aromatic rings. The highest BCUT2D eigenvalue weighted by molar-refractivity contribution is 5.78. The molecule has 1 rings (SSSR count). The third kappa shape index (κ3) is 7.83. The Morgan fingerprint density at radius 2 is 1.88 bits per heavy atom. The summed E-state index contributed by atoms with van der Waals surface area (Å²) in [7, 11) is 0. The van der Waals surface area contributed by atoms with Crippen LogP contribution in [0.3, 0.4) is 0 Å². The van der Waals surface area contributed by atoms with Gasteiger partial charge in [-0.2, -0.15) is 0 Å². The number of carbonyl (C=O) groups is 1. The number of terminal acetylenes is 1. The van der Waals surface area contributed by atoms with Crippen LogP contribution in [0.4, 0.5) is 0 Å². The minimum atomic E-state index is 0.0304. The third-order valence-corrected chi connectivity index (χ3v) is 1.93. The van der Waals surface area contributed by atoms with Gasteiger partial charge in [-0.05, 0) is 5.56 Å². The predicted octanol–water partition coefficient (Wildman–Crippen LogP) is 1.11. The fourth-order valence-electron chi connectivity index (χ4n) is 1.20. The molecule has 3 heteroatoms. The normalized spacial score (nSPS) is 9.35. The van der Waals surface area contributed by atoms with Crippen LogP contribution in [0, 0.1) is 12.8 Å². The zero-order chi connectivity index (χ0) is 12.9. The molecule has 17 heavy (non-hydrogen) atoms. The van der Waals surface area contributed by atoms with Crippen molar-refractivity contribution in [1.29, 1.82) is 0 Å². The van der Waals surface area contributed by atoms with Crippen LogP contribution in [0.2, 0.25) is 0 Å². The Hall–Kier alpha value is -2.05. The Labute approximate surface area is 103 Å². The molecule has 0 atom stereocenters. The Bertz CT molecular complexity index is 355. The van der Waals surface area contributed by atoms with E-state index in [9.17, 15) is 4.79 Å². The van der Waals surface area contributed by atoms with E-state index in [0.29, 0.717) is 19.5 Å². The van der Waals surface area contributed by atoms with Crippen molar-refractivity contribution >= 4 is 5.91 Å². The maximum atomic E-state index is 11.4. The molecule has 0 spiro atoms. The average molecular weight is 230 g/mol. The van der Waals surface area contributed by atoms with Crippen LogP contribution in [-0.4, -0.2) is 19.0 Å². The lowest BCUT2D eigenvalue weighted by Crippen LogP contribution is -2.25. The highest BCUT2D eigenvalue weighted by Gasteiger charge is 1.99. The second kappa shape index (κ2) is 10.5. The fourth-order valence-corrected chi connectivity index (χ4v) is 1.20. The quantitative estimate of drug-likeness (QED) is 0.588. The van der Waals surface area contributed by atoms with Crippen molar-refractivity contribution in [3.8, 4) is 12.8 Å². The summed E-state index contributed by atoms with van der Waals surface area (Å²) in [5, 5.41) is 2.78. The second-order valence-electron chi connectivity index (χ2n) is 3.17. The summed E-state index contributed by atoms with van der Waals surface area (Å²) in [5.74, 6) is 0.0304. The van der Waals surface area contributed by atoms with Gasteiger partial charge in [-0.3, -0.25) is 4.79 Å². The van der Waals surface area contributed by atoms with Gasteiger partial charge in [0, 0.05) is 13.1 Å². The van der Waals surface area contributed by atoms with Gasteiger partial charge in [0.05, 0.1) is 6.42 Å². The lowest BCUT2D eigenvalue weighted by Gasteiger charge is -2.01. The summed E-state index contributed by atoms with van der Waals surface area (Å²) in [6.45, 7) is 1.05. The maximum absolute atomic E-state index is 11.4. The van der Waals surface area contributed by atoms with Crippen molar-refractivity contribution in [3.05, 3.63) is 48.0 Å². The SMILES string of the molecule is C#C.NC/C=C/CNC(=O)Cc1ccccc1. The number of hydrogen-bond acceptors (Lipinski definition) is 2. The molecule has 0 aromatic heterocycles. The van der Waals surface area contributed by atoms with E-state index in [2.05, 4.69) is 18.2 Å². The summed E-state index contributed by atoms with van der Waals surface area (Å²) in [6, 6.07) is 9.67. The van der Waals surface area contributed by atoms with Gasteiger partial charge in [0.1, 0.15) is 0 Å². The lowest BCUT2D eigenvalue weighted by atomic mass is 10.1. The van der Waals surface area contributed by atoms with Crippen molar-refractivity contribution in [2.24, 2.45) is 5.73 Å². The average Bonchev–Trinajstić information content (AvgIpc) is 2.38. The van der Waals surface area contributed by atoms with Crippen LogP contribution < -0.4 is 11.1 Å². The predicted molar refractivity (Wildman–Crippen MR) is 71.2 cm³/mol. The number of carbonyl (C=O) groups excluding carboxylic acids is 1. The van der Waals surface area contributed by atoms with Crippen molar-refractivity contribution < 1.29 is 4.79 Å². The smallest absolute Gasteiger partial charge is 0.224 e. The summed E-state index contributed by atoms with van der Waals surface area (Å²) >= 11 is 0. The number of rotatable bonds is 5. The van der Waals surface area contributed by atoms with Gasteiger partial charge in [0.25, 0.3) is 0 Å². The molecular formula is C14H18N2O. The number of nitrogens with two attached hydrogens (primary N) is 1. The van der Waals surface area contributed by atoms with Gasteiger partial charge in [-0.15, -0.1) is 12.8 Å². The molecule has 0 aliphatic rings. The first kappa shape index (κ1) is 15.0. The first-order chi connectivity index (χ1) is 8.33. The Morgan fingerprint density at radius 3 is 2.47 bits per heavy atom. The Kier molecular flexibility index (Phi) is 9.20. The van der Waals surface area contributed by atoms with Gasteiger partial charge >= 0.3 is 0 Å². The van der Waals surface area contributed by atoms with Crippen LogP contribution in [0.25, 0.3) is 0 Å². The van der Waals surface area contributed by atoms with E-state index in [1.54, 1.807) is 0 Å². The number of hydrogen-bond donors (Lipinski definition) is 2. The highest BCUT2D eigenvalue weighted by atomic mass is 16.1. The lowest BCUT2D eigenvalue weighted by molar-refractivity contribution is -0.120. The van der Waals surface area contributed by atoms with E-state index in [-0.39, 0.29) is 5.91 Å². The van der Waals surface area contributed by atoms with Gasteiger partial charge in [-0.1, -0.05) is 42.5 Å². The monoisotopic (exact) mass is 230 g/mol. The summed E-state index contributed by atoms with van der Waals surface area (Å²) in [4.78, 5) is 11.4. The second-order valence-corrected chi connectivity index (χ2v) is 3.17. The number of benzene rings is 1. The molecule has 0 bridgehead atoms. The molecule has 1 aromatic carbocycles.